The van der Waals surface area contributed by atoms with Gasteiger partial charge in [0.25, 0.3) is 0 Å². The molecule has 0 aromatic heterocycles. The molecule has 1 N–H and O–H groups in total. The second-order valence-corrected chi connectivity index (χ2v) is 5.00. The minimum atomic E-state index is -1.04. The molecule has 1 saturated heterocycles. The highest BCUT2D eigenvalue weighted by Crippen LogP contribution is 2.28. The zero-order valence-corrected chi connectivity index (χ0v) is 10.3. The van der Waals surface area contributed by atoms with Crippen molar-refractivity contribution in [1.82, 2.24) is 0 Å². The van der Waals surface area contributed by atoms with E-state index in [9.17, 15) is 9.59 Å². The molecule has 1 rings (SSSR count). The Bertz CT molecular complexity index is 254. The molecule has 2 atom stereocenters. The molecule has 1 aliphatic heterocycles. The van der Waals surface area contributed by atoms with E-state index in [1.54, 1.807) is 0 Å². The largest absolute Gasteiger partial charge is 0.479 e. The number of epoxide rings is 1. The van der Waals surface area contributed by atoms with Gasteiger partial charge in [-0.2, -0.15) is 0 Å². The van der Waals surface area contributed by atoms with Crippen molar-refractivity contribution in [2.45, 2.75) is 51.2 Å². The van der Waals surface area contributed by atoms with Crippen LogP contribution in [0.5, 0.6) is 0 Å². The average Bonchev–Trinajstić information content (AvgIpc) is 3.02. The maximum absolute atomic E-state index is 11.4. The number of unbranched alkanes of at least 4 members (excludes halogenated alkanes) is 4. The summed E-state index contributed by atoms with van der Waals surface area (Å²) in [5, 5.41) is 8.42. The standard InChI is InChI=1S/C11H18O4S/c1-2-3-4-5-6-7-16-11(14)9-8(15-9)10(12)13/h8-9H,2-7H2,1H3,(H,12,13). The molecule has 0 saturated carbocycles. The number of carboxylic acid groups (broad SMARTS) is 1. The molecule has 5 heteroatoms. The smallest absolute Gasteiger partial charge is 0.336 e. The SMILES string of the molecule is CCCCCCCSC(=O)C1OC1C(=O)O. The van der Waals surface area contributed by atoms with Crippen molar-refractivity contribution in [2.24, 2.45) is 0 Å². The number of rotatable bonds is 8. The zero-order chi connectivity index (χ0) is 12.0. The van der Waals surface area contributed by atoms with Gasteiger partial charge in [-0.1, -0.05) is 44.4 Å². The monoisotopic (exact) mass is 246 g/mol. The third-order valence-corrected chi connectivity index (χ3v) is 3.47. The number of thioether (sulfide) groups is 1. The van der Waals surface area contributed by atoms with E-state index in [-0.39, 0.29) is 5.12 Å². The average molecular weight is 246 g/mol. The summed E-state index contributed by atoms with van der Waals surface area (Å²) in [4.78, 5) is 21.8. The van der Waals surface area contributed by atoms with E-state index in [0.717, 1.165) is 18.6 Å². The summed E-state index contributed by atoms with van der Waals surface area (Å²) in [5.74, 6) is -0.267. The molecule has 0 aliphatic carbocycles. The van der Waals surface area contributed by atoms with Crippen molar-refractivity contribution >= 4 is 22.8 Å². The van der Waals surface area contributed by atoms with Crippen LogP contribution in [0.3, 0.4) is 0 Å². The fourth-order valence-corrected chi connectivity index (χ4v) is 2.33. The van der Waals surface area contributed by atoms with E-state index in [4.69, 9.17) is 9.84 Å². The quantitative estimate of drug-likeness (QED) is 0.524. The van der Waals surface area contributed by atoms with Gasteiger partial charge in [-0.05, 0) is 6.42 Å². The van der Waals surface area contributed by atoms with Gasteiger partial charge in [0.1, 0.15) is 0 Å². The number of aliphatic carboxylic acids is 1. The molecule has 92 valence electrons. The van der Waals surface area contributed by atoms with Crippen molar-refractivity contribution in [1.29, 1.82) is 0 Å². The molecule has 16 heavy (non-hydrogen) atoms. The molecule has 0 aromatic rings. The van der Waals surface area contributed by atoms with Crippen molar-refractivity contribution in [2.75, 3.05) is 5.75 Å². The fourth-order valence-electron chi connectivity index (χ4n) is 1.44. The summed E-state index contributed by atoms with van der Waals surface area (Å²) in [6.45, 7) is 2.16. The van der Waals surface area contributed by atoms with Gasteiger partial charge in [0.15, 0.2) is 12.2 Å². The molecule has 1 aliphatic rings. The van der Waals surface area contributed by atoms with Crippen LogP contribution in [0.25, 0.3) is 0 Å². The normalized spacial score (nSPS) is 23.1. The minimum absolute atomic E-state index is 0.136. The first-order chi connectivity index (χ1) is 7.66. The predicted octanol–water partition coefficient (Wildman–Crippen LogP) is 2.07. The van der Waals surface area contributed by atoms with Gasteiger partial charge in [-0.15, -0.1) is 0 Å². The second kappa shape index (κ2) is 6.91. The first-order valence-electron chi connectivity index (χ1n) is 5.71. The lowest BCUT2D eigenvalue weighted by Crippen LogP contribution is -2.13. The number of ether oxygens (including phenoxy) is 1. The molecule has 1 heterocycles. The lowest BCUT2D eigenvalue weighted by molar-refractivity contribution is -0.138. The zero-order valence-electron chi connectivity index (χ0n) is 9.48. The van der Waals surface area contributed by atoms with Gasteiger partial charge in [0.05, 0.1) is 0 Å². The maximum Gasteiger partial charge on any atom is 0.336 e. The number of hydrogen-bond donors (Lipinski definition) is 1. The number of hydrogen-bond acceptors (Lipinski definition) is 4. The molecule has 4 nitrogen and oxygen atoms in total. The summed E-state index contributed by atoms with van der Waals surface area (Å²) >= 11 is 1.20. The highest BCUT2D eigenvalue weighted by Gasteiger charge is 2.50. The van der Waals surface area contributed by atoms with E-state index >= 15 is 0 Å². The molecule has 0 bridgehead atoms. The molecule has 0 spiro atoms. The van der Waals surface area contributed by atoms with Crippen molar-refractivity contribution in [3.63, 3.8) is 0 Å². The van der Waals surface area contributed by atoms with Gasteiger partial charge in [0.2, 0.25) is 5.12 Å². The van der Waals surface area contributed by atoms with Crippen LogP contribution in [0.1, 0.15) is 39.0 Å². The van der Waals surface area contributed by atoms with Crippen LogP contribution in [0, 0.1) is 0 Å². The van der Waals surface area contributed by atoms with Gasteiger partial charge in [0, 0.05) is 5.75 Å². The van der Waals surface area contributed by atoms with Crippen LogP contribution in [-0.4, -0.2) is 34.2 Å². The molecular weight excluding hydrogens is 228 g/mol. The van der Waals surface area contributed by atoms with Crippen LogP contribution in [0.4, 0.5) is 0 Å². The van der Waals surface area contributed by atoms with Crippen LogP contribution in [0.15, 0.2) is 0 Å². The number of carboxylic acids is 1. The molecule has 0 amide bonds. The van der Waals surface area contributed by atoms with E-state index in [1.807, 2.05) is 0 Å². The van der Waals surface area contributed by atoms with Crippen LogP contribution in [0.2, 0.25) is 0 Å². The Hall–Kier alpha value is -0.550. The van der Waals surface area contributed by atoms with Crippen LogP contribution < -0.4 is 0 Å². The summed E-state index contributed by atoms with van der Waals surface area (Å²) in [6.07, 6.45) is 4.23. The fraction of sp³-hybridized carbons (Fsp3) is 0.818. The Morgan fingerprint density at radius 2 is 1.88 bits per heavy atom. The number of carbonyl (C=O) groups excluding carboxylic acids is 1. The van der Waals surface area contributed by atoms with Gasteiger partial charge >= 0.3 is 5.97 Å². The van der Waals surface area contributed by atoms with Crippen LogP contribution >= 0.6 is 11.8 Å². The van der Waals surface area contributed by atoms with Gasteiger partial charge in [-0.3, -0.25) is 4.79 Å². The topological polar surface area (TPSA) is 66.9 Å². The van der Waals surface area contributed by atoms with Gasteiger partial charge in [-0.25, -0.2) is 4.79 Å². The lowest BCUT2D eigenvalue weighted by Gasteiger charge is -1.98. The Kier molecular flexibility index (Phi) is 5.84. The molecule has 2 unspecified atom stereocenters. The highest BCUT2D eigenvalue weighted by molar-refractivity contribution is 8.13. The Morgan fingerprint density at radius 1 is 1.19 bits per heavy atom. The third kappa shape index (κ3) is 4.53. The van der Waals surface area contributed by atoms with E-state index in [1.165, 1.54) is 31.0 Å². The van der Waals surface area contributed by atoms with Crippen molar-refractivity contribution in [3.05, 3.63) is 0 Å². The highest BCUT2D eigenvalue weighted by atomic mass is 32.2. The molecular formula is C11H18O4S. The molecule has 0 radical (unpaired) electrons. The van der Waals surface area contributed by atoms with E-state index < -0.39 is 18.2 Å². The summed E-state index contributed by atoms with van der Waals surface area (Å²) < 4.78 is 4.77. The maximum atomic E-state index is 11.4. The molecule has 0 aromatic carbocycles. The Morgan fingerprint density at radius 3 is 2.44 bits per heavy atom. The number of carbonyl (C=O) groups is 2. The third-order valence-electron chi connectivity index (χ3n) is 2.46. The summed E-state index contributed by atoms with van der Waals surface area (Å²) in [7, 11) is 0. The lowest BCUT2D eigenvalue weighted by atomic mass is 10.2. The van der Waals surface area contributed by atoms with Crippen molar-refractivity contribution in [3.8, 4) is 0 Å². The minimum Gasteiger partial charge on any atom is -0.479 e. The van der Waals surface area contributed by atoms with Crippen LogP contribution in [-0.2, 0) is 14.3 Å². The molecule has 1 fully saturated rings. The van der Waals surface area contributed by atoms with Crippen molar-refractivity contribution < 1.29 is 19.4 Å². The predicted molar refractivity (Wildman–Crippen MR) is 62.5 cm³/mol. The Labute approximate surface area is 99.7 Å². The first kappa shape index (κ1) is 13.5. The summed E-state index contributed by atoms with van der Waals surface area (Å²) in [6, 6.07) is 0. The second-order valence-electron chi connectivity index (χ2n) is 3.90. The van der Waals surface area contributed by atoms with Gasteiger partial charge < -0.3 is 9.84 Å². The Balaban J connectivity index is 1.98. The summed E-state index contributed by atoms with van der Waals surface area (Å²) in [5.41, 5.74) is 0. The first-order valence-corrected chi connectivity index (χ1v) is 6.70. The van der Waals surface area contributed by atoms with E-state index in [0.29, 0.717) is 0 Å². The van der Waals surface area contributed by atoms with E-state index in [2.05, 4.69) is 6.92 Å².